The Bertz CT molecular complexity index is 1620. The summed E-state index contributed by atoms with van der Waals surface area (Å²) in [6, 6.07) is 19.8. The second-order valence-electron chi connectivity index (χ2n) is 9.08. The summed E-state index contributed by atoms with van der Waals surface area (Å²) in [7, 11) is -6.99. The van der Waals surface area contributed by atoms with E-state index in [9.17, 15) is 21.2 Å². The quantitative estimate of drug-likeness (QED) is 0.232. The molecule has 3 aromatic rings. The lowest BCUT2D eigenvalue weighted by atomic mass is 9.91. The van der Waals surface area contributed by atoms with Gasteiger partial charge in [0.25, 0.3) is 20.2 Å². The average Bonchev–Trinajstić information content (AvgIpc) is 3.37. The molecule has 0 radical (unpaired) electrons. The number of hydrogen-bond acceptors (Lipinski definition) is 6. The molecule has 4 N–H and O–H groups in total. The number of nitrogens with two attached hydrogens (primary N) is 1. The van der Waals surface area contributed by atoms with Crippen LogP contribution in [0.4, 0.5) is 4.39 Å². The first-order chi connectivity index (χ1) is 19.4. The van der Waals surface area contributed by atoms with Gasteiger partial charge in [-0.3, -0.25) is 0 Å². The Morgan fingerprint density at radius 2 is 1.76 bits per heavy atom. The van der Waals surface area contributed by atoms with Gasteiger partial charge in [-0.1, -0.05) is 54.1 Å². The first-order valence-corrected chi connectivity index (χ1v) is 15.6. The van der Waals surface area contributed by atoms with Gasteiger partial charge in [-0.15, -0.1) is 4.40 Å². The van der Waals surface area contributed by atoms with Crippen LogP contribution in [0.5, 0.6) is 0 Å². The molecule has 1 aliphatic rings. The highest BCUT2D eigenvalue weighted by Gasteiger charge is 2.33. The highest BCUT2D eigenvalue weighted by molar-refractivity contribution is 7.90. The van der Waals surface area contributed by atoms with Crippen molar-refractivity contribution in [3.63, 3.8) is 0 Å². The molecule has 0 fully saturated rings. The lowest BCUT2D eigenvalue weighted by Crippen LogP contribution is -2.50. The fraction of sp³-hybridized carbons (Fsp3) is 0.231. The molecule has 0 aliphatic carbocycles. The molecule has 1 heterocycles. The summed E-state index contributed by atoms with van der Waals surface area (Å²) in [5.41, 5.74) is 2.09. The molecule has 4 rings (SSSR count). The van der Waals surface area contributed by atoms with Crippen LogP contribution in [0.25, 0.3) is 0 Å². The van der Waals surface area contributed by atoms with E-state index in [1.54, 1.807) is 12.1 Å². The fourth-order valence-electron chi connectivity index (χ4n) is 4.19. The number of halogens is 2. The van der Waals surface area contributed by atoms with Crippen LogP contribution < -0.4 is 15.2 Å². The first-order valence-electron chi connectivity index (χ1n) is 12.3. The standard InChI is InChI=1S/C26H28ClFN6O5S2/c1-39-17-22(32-41(29,37)38)15-30-26(33-40(35,36)23-13-9-20(27)10-14-23)34-16-24(18-5-3-2-4-6-18)25(31-34)19-7-11-21(28)12-8-19/h2-14,22,24,32H,15-17H2,1H3,(H,30,33)(H2,29,37,38)/t22?,24-/m1/s1. The number of sulfonamides is 1. The Hall–Kier alpha value is -3.40. The van der Waals surface area contributed by atoms with Gasteiger partial charge in [0.05, 0.1) is 29.8 Å². The van der Waals surface area contributed by atoms with Crippen molar-refractivity contribution in [3.8, 4) is 0 Å². The third-order valence-corrected chi connectivity index (χ3v) is 8.22. The van der Waals surface area contributed by atoms with E-state index < -0.39 is 32.1 Å². The lowest BCUT2D eigenvalue weighted by Gasteiger charge is -2.22. The predicted molar refractivity (Wildman–Crippen MR) is 155 cm³/mol. The molecule has 0 spiro atoms. The van der Waals surface area contributed by atoms with Gasteiger partial charge in [0, 0.05) is 24.6 Å². The van der Waals surface area contributed by atoms with Crippen molar-refractivity contribution >= 4 is 43.5 Å². The van der Waals surface area contributed by atoms with Gasteiger partial charge in [0.15, 0.2) is 0 Å². The molecular weight excluding hydrogens is 595 g/mol. The van der Waals surface area contributed by atoms with Crippen LogP contribution in [0.3, 0.4) is 0 Å². The summed E-state index contributed by atoms with van der Waals surface area (Å²) in [4.78, 5) is -0.112. The minimum atomic E-state index is -4.27. The highest BCUT2D eigenvalue weighted by Crippen LogP contribution is 2.29. The maximum Gasteiger partial charge on any atom is 0.285 e. The van der Waals surface area contributed by atoms with Crippen LogP contribution in [0.15, 0.2) is 93.3 Å². The Balaban J connectivity index is 1.76. The van der Waals surface area contributed by atoms with Crippen molar-refractivity contribution in [2.24, 2.45) is 14.6 Å². The molecule has 0 saturated heterocycles. The second-order valence-corrected chi connectivity index (χ2v) is 12.4. The van der Waals surface area contributed by atoms with Crippen molar-refractivity contribution in [2.75, 3.05) is 26.8 Å². The molecule has 15 heteroatoms. The fourth-order valence-corrected chi connectivity index (χ4v) is 5.90. The third kappa shape index (κ3) is 8.31. The molecule has 0 bridgehead atoms. The van der Waals surface area contributed by atoms with E-state index in [1.165, 1.54) is 48.5 Å². The summed E-state index contributed by atoms with van der Waals surface area (Å²) in [6.45, 7) is -0.0409. The molecule has 1 unspecified atom stereocenters. The number of hydrogen-bond donors (Lipinski definition) is 3. The number of nitrogens with one attached hydrogen (secondary N) is 2. The van der Waals surface area contributed by atoms with Gasteiger partial charge >= 0.3 is 0 Å². The van der Waals surface area contributed by atoms with E-state index in [0.29, 0.717) is 16.3 Å². The van der Waals surface area contributed by atoms with Crippen LogP contribution >= 0.6 is 11.6 Å². The lowest BCUT2D eigenvalue weighted by molar-refractivity contribution is 0.175. The molecule has 0 aromatic heterocycles. The molecular formula is C26H28ClFN6O5S2. The monoisotopic (exact) mass is 622 g/mol. The maximum atomic E-state index is 13.7. The minimum absolute atomic E-state index is 0.0720. The zero-order valence-electron chi connectivity index (χ0n) is 21.8. The van der Waals surface area contributed by atoms with E-state index in [0.717, 1.165) is 5.56 Å². The Morgan fingerprint density at radius 1 is 1.10 bits per heavy atom. The molecule has 3 aromatic carbocycles. The minimum Gasteiger partial charge on any atom is -0.383 e. The normalized spacial score (nSPS) is 16.9. The van der Waals surface area contributed by atoms with Gasteiger partial charge in [0.2, 0.25) is 5.96 Å². The number of ether oxygens (including phenoxy) is 1. The van der Waals surface area contributed by atoms with Crippen molar-refractivity contribution in [1.82, 2.24) is 15.0 Å². The van der Waals surface area contributed by atoms with Crippen LogP contribution in [0.2, 0.25) is 5.02 Å². The summed E-state index contributed by atoms with van der Waals surface area (Å²) < 4.78 is 75.0. The second kappa shape index (κ2) is 13.1. The number of benzene rings is 3. The zero-order chi connectivity index (χ0) is 29.6. The Kier molecular flexibility index (Phi) is 9.73. The van der Waals surface area contributed by atoms with E-state index in [4.69, 9.17) is 26.6 Å². The highest BCUT2D eigenvalue weighted by atomic mass is 35.5. The number of nitrogens with zero attached hydrogens (tertiary/aromatic N) is 3. The van der Waals surface area contributed by atoms with Crippen molar-refractivity contribution in [2.45, 2.75) is 16.9 Å². The molecule has 0 saturated carbocycles. The van der Waals surface area contributed by atoms with E-state index in [-0.39, 0.29) is 36.5 Å². The number of guanidine groups is 1. The van der Waals surface area contributed by atoms with Gasteiger partial charge in [0.1, 0.15) is 5.82 Å². The molecule has 11 nitrogen and oxygen atoms in total. The summed E-state index contributed by atoms with van der Waals surface area (Å²) in [6.07, 6.45) is 0. The summed E-state index contributed by atoms with van der Waals surface area (Å²) in [5, 5.41) is 14.5. The molecule has 41 heavy (non-hydrogen) atoms. The van der Waals surface area contributed by atoms with Crippen molar-refractivity contribution in [3.05, 3.63) is 101 Å². The van der Waals surface area contributed by atoms with Gasteiger partial charge in [-0.05, 0) is 47.5 Å². The van der Waals surface area contributed by atoms with Crippen molar-refractivity contribution in [1.29, 1.82) is 0 Å². The van der Waals surface area contributed by atoms with E-state index >= 15 is 0 Å². The number of rotatable bonds is 10. The summed E-state index contributed by atoms with van der Waals surface area (Å²) >= 11 is 5.93. The molecule has 0 amide bonds. The van der Waals surface area contributed by atoms with E-state index in [1.807, 2.05) is 30.3 Å². The van der Waals surface area contributed by atoms with Gasteiger partial charge in [-0.2, -0.15) is 26.7 Å². The molecule has 1 aliphatic heterocycles. The largest absolute Gasteiger partial charge is 0.383 e. The molecule has 2 atom stereocenters. The molecule has 218 valence electrons. The Morgan fingerprint density at radius 3 is 2.37 bits per heavy atom. The van der Waals surface area contributed by atoms with Crippen LogP contribution in [0, 0.1) is 5.82 Å². The van der Waals surface area contributed by atoms with Crippen molar-refractivity contribution < 1.29 is 26.0 Å². The van der Waals surface area contributed by atoms with Crippen LogP contribution in [-0.4, -0.2) is 66.4 Å². The SMILES string of the molecule is COCC(CN/C(=N\S(=O)(=O)c1ccc(Cl)cc1)N1C[C@H](c2ccccc2)C(c2ccc(F)cc2)=N1)NS(N)(=O)=O. The van der Waals surface area contributed by atoms with Crippen LogP contribution in [0.1, 0.15) is 17.0 Å². The average molecular weight is 623 g/mol. The first kappa shape index (κ1) is 30.6. The van der Waals surface area contributed by atoms with Gasteiger partial charge in [-0.25, -0.2) is 14.5 Å². The topological polar surface area (TPSA) is 156 Å². The maximum absolute atomic E-state index is 13.7. The van der Waals surface area contributed by atoms with Gasteiger partial charge < -0.3 is 10.1 Å². The predicted octanol–water partition coefficient (Wildman–Crippen LogP) is 2.43. The van der Waals surface area contributed by atoms with Crippen LogP contribution in [-0.2, 0) is 25.0 Å². The van der Waals surface area contributed by atoms with E-state index in [2.05, 4.69) is 14.4 Å². The smallest absolute Gasteiger partial charge is 0.285 e. The zero-order valence-corrected chi connectivity index (χ0v) is 24.2. The number of methoxy groups -OCH3 is 1. The number of hydrazone groups is 1. The summed E-state index contributed by atoms with van der Waals surface area (Å²) in [5.74, 6) is -0.912. The Labute approximate surface area is 243 Å². The third-order valence-electron chi connectivity index (χ3n) is 6.02.